The van der Waals surface area contributed by atoms with Crippen molar-refractivity contribution in [2.75, 3.05) is 9.80 Å². The first kappa shape index (κ1) is 69.1. The van der Waals surface area contributed by atoms with E-state index in [0.717, 1.165) is 39.7 Å². The van der Waals surface area contributed by atoms with E-state index in [-0.39, 0.29) is 0 Å². The van der Waals surface area contributed by atoms with Crippen LogP contribution in [0.3, 0.4) is 0 Å². The van der Waals surface area contributed by atoms with E-state index in [1.165, 1.54) is 138 Å². The first-order chi connectivity index (χ1) is 55.5. The molecule has 0 aliphatic rings. The standard InChI is InChI=1S/C58H41N.C52H37N/c1-4-15-42(16-5-1)44-27-29-49(30-28-44)58-41-52(39-40-57(58)56-25-13-12-24-55(56)46-19-8-3-9-20-46)59(50-35-31-45(32-36-50)43-17-6-2-7-18-43)51-37-33-48(34-38-51)54-26-14-22-47-21-10-11-23-53(47)54;1-4-12-38(13-5-1)41-20-23-45(24-21-41)52-37-50(34-35-51(52)44-17-8-3-9-18-44)53(48-30-26-42(27-31-48)39-14-6-2-7-15-39)49-32-28-43(29-33-49)47-25-22-40-16-10-11-19-46(40)36-47/h1-41H;1-37H. The van der Waals surface area contributed by atoms with Crippen molar-refractivity contribution in [1.29, 1.82) is 0 Å². The molecule has 0 saturated carbocycles. The number of fused-ring (bicyclic) bond motifs is 2. The molecule has 0 N–H and O–H groups in total. The van der Waals surface area contributed by atoms with E-state index in [9.17, 15) is 0 Å². The molecule has 0 bridgehead atoms. The molecule has 0 radical (unpaired) electrons. The van der Waals surface area contributed by atoms with Crippen LogP contribution in [0.5, 0.6) is 0 Å². The number of anilines is 6. The Hall–Kier alpha value is -14.7. The highest BCUT2D eigenvalue weighted by Crippen LogP contribution is 2.47. The number of nitrogens with zero attached hydrogens (tertiary/aromatic N) is 2. The summed E-state index contributed by atoms with van der Waals surface area (Å²) in [5.74, 6) is 0. The second-order valence-electron chi connectivity index (χ2n) is 28.3. The number of benzene rings is 19. The van der Waals surface area contributed by atoms with Gasteiger partial charge >= 0.3 is 0 Å². The summed E-state index contributed by atoms with van der Waals surface area (Å²) in [4.78, 5) is 4.76. The Morgan fingerprint density at radius 1 is 0.107 bits per heavy atom. The minimum Gasteiger partial charge on any atom is -0.310 e. The maximum atomic E-state index is 2.39. The van der Waals surface area contributed by atoms with Crippen LogP contribution in [0.4, 0.5) is 34.1 Å². The van der Waals surface area contributed by atoms with Gasteiger partial charge in [-0.25, -0.2) is 0 Å². The Labute approximate surface area is 656 Å². The molecule has 0 heterocycles. The topological polar surface area (TPSA) is 6.48 Å². The molecule has 2 heteroatoms. The van der Waals surface area contributed by atoms with Crippen LogP contribution >= 0.6 is 0 Å². The Bertz CT molecular complexity index is 6380. The quantitative estimate of drug-likeness (QED) is 0.0896. The molecule has 528 valence electrons. The van der Waals surface area contributed by atoms with Crippen molar-refractivity contribution in [1.82, 2.24) is 0 Å². The molecule has 0 unspecified atom stereocenters. The van der Waals surface area contributed by atoms with E-state index in [0.29, 0.717) is 0 Å². The predicted octanol–water partition coefficient (Wildman–Crippen LogP) is 31.0. The molecule has 0 atom stereocenters. The van der Waals surface area contributed by atoms with Gasteiger partial charge in [0.15, 0.2) is 0 Å². The summed E-state index contributed by atoms with van der Waals surface area (Å²) in [6.07, 6.45) is 0. The van der Waals surface area contributed by atoms with Gasteiger partial charge in [0.05, 0.1) is 0 Å². The van der Waals surface area contributed by atoms with Crippen molar-refractivity contribution < 1.29 is 0 Å². The monoisotopic (exact) mass is 1430 g/mol. The maximum absolute atomic E-state index is 2.39. The van der Waals surface area contributed by atoms with Crippen LogP contribution in [0.15, 0.2) is 473 Å². The fraction of sp³-hybridized carbons (Fsp3) is 0. The minimum atomic E-state index is 1.08. The molecular weight excluding hydrogens is 1350 g/mol. The molecule has 0 amide bonds. The molecule has 0 spiro atoms. The second-order valence-corrected chi connectivity index (χ2v) is 28.3. The zero-order valence-corrected chi connectivity index (χ0v) is 61.9. The second kappa shape index (κ2) is 32.0. The van der Waals surface area contributed by atoms with Gasteiger partial charge < -0.3 is 9.80 Å². The molecule has 19 rings (SSSR count). The summed E-state index contributed by atoms with van der Waals surface area (Å²) in [5.41, 5.74) is 32.9. The third-order valence-corrected chi connectivity index (χ3v) is 21.4. The van der Waals surface area contributed by atoms with E-state index in [1.54, 1.807) is 0 Å². The van der Waals surface area contributed by atoms with Gasteiger partial charge in [0, 0.05) is 34.1 Å². The molecule has 19 aromatic rings. The zero-order valence-electron chi connectivity index (χ0n) is 61.9. The van der Waals surface area contributed by atoms with Gasteiger partial charge in [-0.05, 0) is 223 Å². The van der Waals surface area contributed by atoms with Crippen LogP contribution in [0.25, 0.3) is 144 Å². The summed E-state index contributed by atoms with van der Waals surface area (Å²) in [6.45, 7) is 0. The van der Waals surface area contributed by atoms with Crippen LogP contribution in [0.2, 0.25) is 0 Å². The Balaban J connectivity index is 0.000000157. The van der Waals surface area contributed by atoms with Gasteiger partial charge in [-0.3, -0.25) is 0 Å². The number of hydrogen-bond acceptors (Lipinski definition) is 2. The van der Waals surface area contributed by atoms with Crippen molar-refractivity contribution in [2.24, 2.45) is 0 Å². The first-order valence-corrected chi connectivity index (χ1v) is 38.4. The normalized spacial score (nSPS) is 11.0. The lowest BCUT2D eigenvalue weighted by atomic mass is 9.88. The highest BCUT2D eigenvalue weighted by atomic mass is 15.1. The third-order valence-electron chi connectivity index (χ3n) is 21.4. The van der Waals surface area contributed by atoms with Crippen molar-refractivity contribution in [2.45, 2.75) is 0 Å². The van der Waals surface area contributed by atoms with Gasteiger partial charge in [-0.15, -0.1) is 0 Å². The van der Waals surface area contributed by atoms with Crippen LogP contribution in [-0.4, -0.2) is 0 Å². The summed E-state index contributed by atoms with van der Waals surface area (Å²) in [5, 5.41) is 5.00. The lowest BCUT2D eigenvalue weighted by Crippen LogP contribution is -2.10. The summed E-state index contributed by atoms with van der Waals surface area (Å²) < 4.78 is 0. The molecular formula is C110H78N2. The average Bonchev–Trinajstić information content (AvgIpc) is 0.764. The van der Waals surface area contributed by atoms with Crippen molar-refractivity contribution >= 4 is 55.7 Å². The summed E-state index contributed by atoms with van der Waals surface area (Å²) in [6, 6.07) is 171. The van der Waals surface area contributed by atoms with Crippen LogP contribution in [0.1, 0.15) is 0 Å². The lowest BCUT2D eigenvalue weighted by Gasteiger charge is -2.27. The van der Waals surface area contributed by atoms with Crippen LogP contribution in [0, 0.1) is 0 Å². The van der Waals surface area contributed by atoms with Gasteiger partial charge in [-0.2, -0.15) is 0 Å². The molecule has 2 nitrogen and oxygen atoms in total. The molecule has 0 aliphatic carbocycles. The largest absolute Gasteiger partial charge is 0.310 e. The van der Waals surface area contributed by atoms with E-state index in [4.69, 9.17) is 0 Å². The van der Waals surface area contributed by atoms with E-state index < -0.39 is 0 Å². The lowest BCUT2D eigenvalue weighted by molar-refractivity contribution is 1.28. The van der Waals surface area contributed by atoms with Gasteiger partial charge in [-0.1, -0.05) is 394 Å². The fourth-order valence-electron chi connectivity index (χ4n) is 15.7. The molecule has 0 aromatic heterocycles. The van der Waals surface area contributed by atoms with Crippen molar-refractivity contribution in [3.63, 3.8) is 0 Å². The number of hydrogen-bond donors (Lipinski definition) is 0. The van der Waals surface area contributed by atoms with E-state index >= 15 is 0 Å². The molecule has 0 aliphatic heterocycles. The van der Waals surface area contributed by atoms with Gasteiger partial charge in [0.2, 0.25) is 0 Å². The number of rotatable bonds is 17. The van der Waals surface area contributed by atoms with E-state index in [1.807, 2.05) is 0 Å². The van der Waals surface area contributed by atoms with Crippen LogP contribution in [-0.2, 0) is 0 Å². The highest BCUT2D eigenvalue weighted by molar-refractivity contribution is 5.99. The summed E-state index contributed by atoms with van der Waals surface area (Å²) >= 11 is 0. The Morgan fingerprint density at radius 3 is 0.786 bits per heavy atom. The Kier molecular flexibility index (Phi) is 19.7. The minimum absolute atomic E-state index is 1.08. The highest BCUT2D eigenvalue weighted by Gasteiger charge is 2.22. The zero-order chi connectivity index (χ0) is 74.8. The van der Waals surface area contributed by atoms with Crippen LogP contribution < -0.4 is 9.80 Å². The first-order valence-electron chi connectivity index (χ1n) is 38.4. The predicted molar refractivity (Wildman–Crippen MR) is 477 cm³/mol. The molecule has 0 saturated heterocycles. The van der Waals surface area contributed by atoms with Crippen molar-refractivity contribution in [3.8, 4) is 122 Å². The van der Waals surface area contributed by atoms with Crippen molar-refractivity contribution in [3.05, 3.63) is 473 Å². The fourth-order valence-corrected chi connectivity index (χ4v) is 15.7. The molecule has 0 fully saturated rings. The SMILES string of the molecule is c1ccc(-c2ccc(-c3cc(N(c4ccc(-c5ccccc5)cc4)c4ccc(-c5ccc6ccccc6c5)cc4)ccc3-c3ccccc3)cc2)cc1.c1ccc(-c2ccc(-c3cc(N(c4ccc(-c5ccccc5)cc4)c4ccc(-c5cccc6ccccc56)cc4)ccc3-c3ccccc3-c3ccccc3)cc2)cc1. The Morgan fingerprint density at radius 2 is 0.348 bits per heavy atom. The third kappa shape index (κ3) is 14.8. The average molecular weight is 1430 g/mol. The van der Waals surface area contributed by atoms with Gasteiger partial charge in [0.1, 0.15) is 0 Å². The molecule has 112 heavy (non-hydrogen) atoms. The summed E-state index contributed by atoms with van der Waals surface area (Å²) in [7, 11) is 0. The van der Waals surface area contributed by atoms with E-state index in [2.05, 4.69) is 483 Å². The van der Waals surface area contributed by atoms with Gasteiger partial charge in [0.25, 0.3) is 0 Å². The smallest absolute Gasteiger partial charge is 0.0468 e. The maximum Gasteiger partial charge on any atom is 0.0468 e. The molecule has 19 aromatic carbocycles.